The van der Waals surface area contributed by atoms with E-state index in [2.05, 4.69) is 65.8 Å². The number of benzene rings is 2. The summed E-state index contributed by atoms with van der Waals surface area (Å²) >= 11 is 0. The Bertz CT molecular complexity index is 775. The van der Waals surface area contributed by atoms with E-state index in [1.165, 1.54) is 24.8 Å². The van der Waals surface area contributed by atoms with Crippen LogP contribution in [0.2, 0.25) is 0 Å². The van der Waals surface area contributed by atoms with Gasteiger partial charge in [-0.1, -0.05) is 71.2 Å². The Morgan fingerprint density at radius 1 is 1.00 bits per heavy atom. The van der Waals surface area contributed by atoms with Gasteiger partial charge in [-0.05, 0) is 68.4 Å². The molecular weight excluding hydrogens is 370 g/mol. The molecular formula is C25H36LiO2P. The predicted octanol–water partition coefficient (Wildman–Crippen LogP) is 3.82. The van der Waals surface area contributed by atoms with Gasteiger partial charge in [0.05, 0.1) is 6.61 Å². The molecule has 0 saturated carbocycles. The number of carbonyl (C=O) groups is 1. The summed E-state index contributed by atoms with van der Waals surface area (Å²) in [6.07, 6.45) is 4.82. The smallest absolute Gasteiger partial charge is 1.00 e. The van der Waals surface area contributed by atoms with Gasteiger partial charge >= 0.3 is 18.9 Å². The van der Waals surface area contributed by atoms with Crippen LogP contribution in [-0.2, 0) is 5.41 Å². The molecule has 0 saturated heterocycles. The average Bonchev–Trinajstić information content (AvgIpc) is 2.64. The van der Waals surface area contributed by atoms with Crippen LogP contribution in [0, 0.1) is 13.8 Å². The molecule has 0 spiro atoms. The first kappa shape index (κ1) is 26.0. The van der Waals surface area contributed by atoms with Crippen LogP contribution < -0.4 is 28.9 Å². The molecule has 1 unspecified atom stereocenters. The number of rotatable bonds is 9. The van der Waals surface area contributed by atoms with Crippen molar-refractivity contribution in [2.75, 3.05) is 6.61 Å². The van der Waals surface area contributed by atoms with Gasteiger partial charge in [0, 0.05) is 5.56 Å². The van der Waals surface area contributed by atoms with E-state index in [1.54, 1.807) is 0 Å². The molecule has 0 amide bonds. The summed E-state index contributed by atoms with van der Waals surface area (Å²) in [5, 5.41) is 1.14. The summed E-state index contributed by atoms with van der Waals surface area (Å²) in [5.74, 6) is 0.919. The van der Waals surface area contributed by atoms with Gasteiger partial charge in [0.2, 0.25) is 0 Å². The minimum absolute atomic E-state index is 0. The molecule has 0 aliphatic carbocycles. The van der Waals surface area contributed by atoms with E-state index in [0.29, 0.717) is 0 Å². The first-order valence-corrected chi connectivity index (χ1v) is 11.4. The Morgan fingerprint density at radius 3 is 2.10 bits per heavy atom. The minimum atomic E-state index is 0. The monoisotopic (exact) mass is 406 g/mol. The quantitative estimate of drug-likeness (QED) is 0.360. The molecule has 1 atom stereocenters. The summed E-state index contributed by atoms with van der Waals surface area (Å²) < 4.78 is 5.92. The number of aryl methyl sites for hydroxylation is 2. The molecule has 0 radical (unpaired) electrons. The third kappa shape index (κ3) is 7.94. The van der Waals surface area contributed by atoms with Gasteiger partial charge in [-0.25, -0.2) is 0 Å². The fraction of sp³-hybridized carbons (Fsp3) is 0.480. The van der Waals surface area contributed by atoms with E-state index in [9.17, 15) is 4.79 Å². The van der Waals surface area contributed by atoms with Crippen molar-refractivity contribution in [3.63, 3.8) is 0 Å². The Balaban J connectivity index is 0.00000420. The van der Waals surface area contributed by atoms with Crippen molar-refractivity contribution in [3.05, 3.63) is 58.7 Å². The molecule has 0 N–H and O–H groups in total. The molecule has 2 rings (SSSR count). The first-order valence-electron chi connectivity index (χ1n) is 10.4. The normalized spacial score (nSPS) is 11.5. The van der Waals surface area contributed by atoms with E-state index < -0.39 is 0 Å². The van der Waals surface area contributed by atoms with Gasteiger partial charge in [-0.2, -0.15) is 0 Å². The molecule has 154 valence electrons. The zero-order chi connectivity index (χ0) is 20.7. The standard InChI is InChI=1S/C25H35O2P.Li.H/c1-7-8-9-10-15-27-22-16-18(2)23(19(3)17-22)28-24(26)20-11-13-21(14-12-20)25(4,5)6;;/h11-14,16-17,28H,7-10,15H2,1-6H3;;/q;+1;-1. The largest absolute Gasteiger partial charge is 1.00 e. The van der Waals surface area contributed by atoms with Gasteiger partial charge in [0.15, 0.2) is 5.52 Å². The van der Waals surface area contributed by atoms with Crippen LogP contribution in [0.3, 0.4) is 0 Å². The van der Waals surface area contributed by atoms with Gasteiger partial charge < -0.3 is 6.16 Å². The first-order chi connectivity index (χ1) is 13.2. The second kappa shape index (κ2) is 12.0. The van der Waals surface area contributed by atoms with Crippen LogP contribution in [0.15, 0.2) is 36.4 Å². The summed E-state index contributed by atoms with van der Waals surface area (Å²) in [4.78, 5) is 12.8. The van der Waals surface area contributed by atoms with E-state index >= 15 is 0 Å². The number of hydrogen-bond donors (Lipinski definition) is 0. The van der Waals surface area contributed by atoms with E-state index in [-0.39, 0.29) is 39.8 Å². The van der Waals surface area contributed by atoms with Crippen molar-refractivity contribution in [1.82, 2.24) is 0 Å². The fourth-order valence-corrected chi connectivity index (χ4v) is 4.31. The van der Waals surface area contributed by atoms with Crippen molar-refractivity contribution in [2.45, 2.75) is 72.6 Å². The Labute approximate surface area is 192 Å². The van der Waals surface area contributed by atoms with Gasteiger partial charge in [0.1, 0.15) is 5.75 Å². The summed E-state index contributed by atoms with van der Waals surface area (Å²) in [6.45, 7) is 13.7. The Kier molecular flexibility index (Phi) is 10.7. The zero-order valence-corrected chi connectivity index (χ0v) is 20.3. The average molecular weight is 406 g/mol. The number of carbonyl (C=O) groups excluding carboxylic acids is 1. The number of hydrogen-bond acceptors (Lipinski definition) is 2. The van der Waals surface area contributed by atoms with Crippen LogP contribution in [0.5, 0.6) is 5.75 Å². The molecule has 0 heterocycles. The molecule has 0 fully saturated rings. The Morgan fingerprint density at radius 2 is 1.59 bits per heavy atom. The summed E-state index contributed by atoms with van der Waals surface area (Å²) in [6, 6.07) is 12.2. The van der Waals surface area contributed by atoms with E-state index in [0.717, 1.165) is 40.8 Å². The third-order valence-corrected chi connectivity index (χ3v) is 6.58. The summed E-state index contributed by atoms with van der Waals surface area (Å²) in [7, 11) is 0.141. The van der Waals surface area contributed by atoms with Gasteiger partial charge in [0.25, 0.3) is 0 Å². The maximum Gasteiger partial charge on any atom is 1.00 e. The second-order valence-electron chi connectivity index (χ2n) is 8.62. The topological polar surface area (TPSA) is 26.3 Å². The van der Waals surface area contributed by atoms with E-state index in [1.807, 2.05) is 12.1 Å². The van der Waals surface area contributed by atoms with Crippen LogP contribution in [0.4, 0.5) is 0 Å². The van der Waals surface area contributed by atoms with Crippen LogP contribution in [-0.4, -0.2) is 12.1 Å². The molecule has 29 heavy (non-hydrogen) atoms. The van der Waals surface area contributed by atoms with Crippen molar-refractivity contribution in [3.8, 4) is 5.75 Å². The third-order valence-electron chi connectivity index (χ3n) is 5.02. The van der Waals surface area contributed by atoms with Crippen LogP contribution >= 0.6 is 8.58 Å². The fourth-order valence-electron chi connectivity index (χ4n) is 3.23. The molecule has 4 heteroatoms. The molecule has 2 aromatic rings. The molecule has 0 aliphatic heterocycles. The Hall–Kier alpha value is -1.06. The maximum atomic E-state index is 12.8. The van der Waals surface area contributed by atoms with Crippen molar-refractivity contribution >= 4 is 19.4 Å². The SMILES string of the molecule is CCCCCCOc1cc(C)c(PC(=O)c2ccc(C(C)(C)C)cc2)c(C)c1.[H-].[Li+]. The molecule has 2 nitrogen and oxygen atoms in total. The minimum Gasteiger partial charge on any atom is -1.00 e. The molecule has 0 bridgehead atoms. The second-order valence-corrected chi connectivity index (χ2v) is 9.83. The zero-order valence-electron chi connectivity index (χ0n) is 20.3. The van der Waals surface area contributed by atoms with Crippen LogP contribution in [0.1, 0.15) is 81.9 Å². The van der Waals surface area contributed by atoms with Gasteiger partial charge in [-0.15, -0.1) is 0 Å². The molecule has 2 aromatic carbocycles. The maximum absolute atomic E-state index is 12.8. The van der Waals surface area contributed by atoms with Crippen LogP contribution in [0.25, 0.3) is 0 Å². The van der Waals surface area contributed by atoms with Crippen molar-refractivity contribution < 1.29 is 29.8 Å². The summed E-state index contributed by atoms with van der Waals surface area (Å²) in [5.41, 5.74) is 4.62. The number of ether oxygens (including phenoxy) is 1. The predicted molar refractivity (Wildman–Crippen MR) is 124 cm³/mol. The molecule has 0 aliphatic rings. The van der Waals surface area contributed by atoms with E-state index in [4.69, 9.17) is 4.74 Å². The van der Waals surface area contributed by atoms with Crippen molar-refractivity contribution in [2.24, 2.45) is 0 Å². The van der Waals surface area contributed by atoms with Gasteiger partial charge in [-0.3, -0.25) is 4.79 Å². The number of unbranched alkanes of at least 4 members (excludes halogenated alkanes) is 3. The van der Waals surface area contributed by atoms with Crippen molar-refractivity contribution in [1.29, 1.82) is 0 Å². The molecule has 0 aromatic heterocycles.